The predicted molar refractivity (Wildman–Crippen MR) is 117 cm³/mol. The van der Waals surface area contributed by atoms with Gasteiger partial charge in [-0.25, -0.2) is 4.99 Å². The summed E-state index contributed by atoms with van der Waals surface area (Å²) in [5.74, 6) is 2.72. The molecule has 0 N–H and O–H groups in total. The van der Waals surface area contributed by atoms with Crippen LogP contribution in [0.1, 0.15) is 19.4 Å². The Bertz CT molecular complexity index is 976. The normalized spacial score (nSPS) is 11.8. The van der Waals surface area contributed by atoms with E-state index in [1.165, 1.54) is 5.56 Å². The number of hydrogen-bond donors (Lipinski definition) is 0. The lowest BCUT2D eigenvalue weighted by molar-refractivity contribution is 0.412. The van der Waals surface area contributed by atoms with Gasteiger partial charge < -0.3 is 14.2 Å². The maximum atomic E-state index is 6.13. The quantitative estimate of drug-likeness (QED) is 0.269. The summed E-state index contributed by atoms with van der Waals surface area (Å²) in [7, 11) is 1.64. The summed E-state index contributed by atoms with van der Waals surface area (Å²) in [5.41, 5.74) is 2.79. The third-order valence-electron chi connectivity index (χ3n) is 4.28. The third-order valence-corrected chi connectivity index (χ3v) is 4.28. The predicted octanol–water partition coefficient (Wildman–Crippen LogP) is 6.35. The molecule has 4 nitrogen and oxygen atoms in total. The Morgan fingerprint density at radius 3 is 2.28 bits per heavy atom. The van der Waals surface area contributed by atoms with Gasteiger partial charge in [-0.2, -0.15) is 0 Å². The van der Waals surface area contributed by atoms with Crippen LogP contribution < -0.4 is 14.2 Å². The van der Waals surface area contributed by atoms with Crippen molar-refractivity contribution in [1.29, 1.82) is 0 Å². The van der Waals surface area contributed by atoms with Gasteiger partial charge >= 0.3 is 0 Å². The highest BCUT2D eigenvalue weighted by Gasteiger charge is 2.08. The molecule has 4 heteroatoms. The summed E-state index contributed by atoms with van der Waals surface area (Å²) >= 11 is 0. The van der Waals surface area contributed by atoms with Crippen molar-refractivity contribution in [2.24, 2.45) is 4.99 Å². The SMILES string of the molecule is CCc1cccc(OC(=N\c2ccccc2)/C(C)=C/Oc2ccc(OC)cc2)c1. The molecular formula is C25H25NO3. The average Bonchev–Trinajstić information content (AvgIpc) is 2.78. The van der Waals surface area contributed by atoms with Gasteiger partial charge in [-0.15, -0.1) is 0 Å². The first kappa shape index (κ1) is 20.2. The molecule has 0 aromatic heterocycles. The van der Waals surface area contributed by atoms with Crippen molar-refractivity contribution in [2.75, 3.05) is 7.11 Å². The molecule has 0 aliphatic heterocycles. The van der Waals surface area contributed by atoms with Crippen molar-refractivity contribution >= 4 is 11.6 Å². The fraction of sp³-hybridized carbons (Fsp3) is 0.160. The van der Waals surface area contributed by atoms with E-state index in [2.05, 4.69) is 18.0 Å². The van der Waals surface area contributed by atoms with Crippen molar-refractivity contribution in [3.05, 3.63) is 96.3 Å². The maximum Gasteiger partial charge on any atom is 0.225 e. The zero-order valence-corrected chi connectivity index (χ0v) is 17.0. The van der Waals surface area contributed by atoms with E-state index < -0.39 is 0 Å². The average molecular weight is 387 g/mol. The van der Waals surface area contributed by atoms with Crippen molar-refractivity contribution in [2.45, 2.75) is 20.3 Å². The van der Waals surface area contributed by atoms with Crippen LogP contribution in [-0.4, -0.2) is 13.0 Å². The Labute approximate surface area is 172 Å². The number of rotatable bonds is 7. The smallest absolute Gasteiger partial charge is 0.225 e. The minimum atomic E-state index is 0.484. The van der Waals surface area contributed by atoms with Gasteiger partial charge in [0.05, 0.1) is 19.1 Å². The van der Waals surface area contributed by atoms with Crippen LogP contribution in [-0.2, 0) is 6.42 Å². The van der Waals surface area contributed by atoms with E-state index in [9.17, 15) is 0 Å². The molecule has 0 aliphatic rings. The monoisotopic (exact) mass is 387 g/mol. The minimum Gasteiger partial charge on any atom is -0.497 e. The summed E-state index contributed by atoms with van der Waals surface area (Å²) < 4.78 is 17.1. The maximum absolute atomic E-state index is 6.13. The van der Waals surface area contributed by atoms with Crippen molar-refractivity contribution < 1.29 is 14.2 Å². The second-order valence-electron chi connectivity index (χ2n) is 6.45. The molecule has 0 amide bonds. The lowest BCUT2D eigenvalue weighted by Gasteiger charge is -2.11. The molecule has 0 aliphatic carbocycles. The number of hydrogen-bond acceptors (Lipinski definition) is 4. The van der Waals surface area contributed by atoms with Gasteiger partial charge in [0.25, 0.3) is 0 Å². The Hall–Kier alpha value is -3.53. The molecule has 0 spiro atoms. The highest BCUT2D eigenvalue weighted by Crippen LogP contribution is 2.21. The third kappa shape index (κ3) is 5.98. The second kappa shape index (κ2) is 10.1. The Balaban J connectivity index is 1.85. The van der Waals surface area contributed by atoms with E-state index >= 15 is 0 Å². The molecule has 3 rings (SSSR count). The largest absolute Gasteiger partial charge is 0.497 e. The van der Waals surface area contributed by atoms with Gasteiger partial charge in [-0.1, -0.05) is 37.3 Å². The summed E-state index contributed by atoms with van der Waals surface area (Å²) in [5, 5.41) is 0. The second-order valence-corrected chi connectivity index (χ2v) is 6.45. The molecule has 0 saturated carbocycles. The van der Waals surface area contributed by atoms with E-state index in [0.29, 0.717) is 11.6 Å². The molecule has 0 heterocycles. The van der Waals surface area contributed by atoms with E-state index in [-0.39, 0.29) is 0 Å². The first-order chi connectivity index (χ1) is 14.2. The van der Waals surface area contributed by atoms with E-state index in [1.807, 2.05) is 79.7 Å². The van der Waals surface area contributed by atoms with Crippen molar-refractivity contribution in [3.63, 3.8) is 0 Å². The molecule has 0 fully saturated rings. The Morgan fingerprint density at radius 2 is 1.59 bits per heavy atom. The van der Waals surface area contributed by atoms with Crippen LogP contribution >= 0.6 is 0 Å². The highest BCUT2D eigenvalue weighted by atomic mass is 16.5. The summed E-state index contributed by atoms with van der Waals surface area (Å²) in [6.45, 7) is 4.03. The zero-order chi connectivity index (χ0) is 20.5. The molecule has 0 unspecified atom stereocenters. The molecule has 29 heavy (non-hydrogen) atoms. The zero-order valence-electron chi connectivity index (χ0n) is 17.0. The number of aryl methyl sites for hydroxylation is 1. The van der Waals surface area contributed by atoms with Crippen molar-refractivity contribution in [1.82, 2.24) is 0 Å². The van der Waals surface area contributed by atoms with E-state index in [1.54, 1.807) is 13.4 Å². The molecule has 3 aromatic rings. The molecular weight excluding hydrogens is 362 g/mol. The number of ether oxygens (including phenoxy) is 3. The summed E-state index contributed by atoms with van der Waals surface area (Å²) in [6.07, 6.45) is 2.59. The molecule has 0 saturated heterocycles. The standard InChI is InChI=1S/C25H25NO3/c1-4-20-9-8-12-24(17-20)29-25(26-21-10-6-5-7-11-21)19(2)18-28-23-15-13-22(27-3)14-16-23/h5-18H,4H2,1-3H3/b19-18+,26-25-. The van der Waals surface area contributed by atoms with Gasteiger partial charge in [0.15, 0.2) is 0 Å². The highest BCUT2D eigenvalue weighted by molar-refractivity contribution is 5.96. The lowest BCUT2D eigenvalue weighted by Crippen LogP contribution is -2.11. The first-order valence-electron chi connectivity index (χ1n) is 9.56. The number of benzene rings is 3. The van der Waals surface area contributed by atoms with Crippen LogP contribution in [0, 0.1) is 0 Å². The molecule has 148 valence electrons. The van der Waals surface area contributed by atoms with Crippen LogP contribution in [0.3, 0.4) is 0 Å². The van der Waals surface area contributed by atoms with Crippen molar-refractivity contribution in [3.8, 4) is 17.2 Å². The van der Waals surface area contributed by atoms with Gasteiger partial charge in [0, 0.05) is 5.57 Å². The van der Waals surface area contributed by atoms with E-state index in [4.69, 9.17) is 14.2 Å². The van der Waals surface area contributed by atoms with Gasteiger partial charge in [-0.05, 0) is 67.4 Å². The van der Waals surface area contributed by atoms with Gasteiger partial charge in [0.2, 0.25) is 5.90 Å². The van der Waals surface area contributed by atoms with Crippen LogP contribution in [0.25, 0.3) is 0 Å². The number of methoxy groups -OCH3 is 1. The van der Waals surface area contributed by atoms with Gasteiger partial charge in [-0.3, -0.25) is 0 Å². The van der Waals surface area contributed by atoms with Crippen LogP contribution in [0.2, 0.25) is 0 Å². The van der Waals surface area contributed by atoms with Gasteiger partial charge in [0.1, 0.15) is 17.2 Å². The lowest BCUT2D eigenvalue weighted by atomic mass is 10.2. The van der Waals surface area contributed by atoms with Crippen LogP contribution in [0.5, 0.6) is 17.2 Å². The fourth-order valence-corrected chi connectivity index (χ4v) is 2.61. The van der Waals surface area contributed by atoms with E-state index in [0.717, 1.165) is 29.2 Å². The minimum absolute atomic E-state index is 0.484. The Kier molecular flexibility index (Phi) is 7.06. The summed E-state index contributed by atoms with van der Waals surface area (Å²) in [4.78, 5) is 4.68. The number of aliphatic imine (C=N–C) groups is 1. The molecule has 3 aromatic carbocycles. The molecule has 0 radical (unpaired) electrons. The fourth-order valence-electron chi connectivity index (χ4n) is 2.61. The Morgan fingerprint density at radius 1 is 0.862 bits per heavy atom. The molecule has 0 bridgehead atoms. The van der Waals surface area contributed by atoms with Crippen LogP contribution in [0.4, 0.5) is 5.69 Å². The summed E-state index contributed by atoms with van der Waals surface area (Å²) in [6, 6.07) is 25.1. The first-order valence-corrected chi connectivity index (χ1v) is 9.56. The number of para-hydroxylation sites is 1. The van der Waals surface area contributed by atoms with Crippen LogP contribution in [0.15, 0.2) is 95.7 Å². The number of nitrogens with zero attached hydrogens (tertiary/aromatic N) is 1. The topological polar surface area (TPSA) is 40.0 Å². The molecule has 0 atom stereocenters.